The number of alkyl halides is 3. The molecule has 1 amide bonds. The number of rotatable bonds is 7. The second-order valence-corrected chi connectivity index (χ2v) is 8.52. The van der Waals surface area contributed by atoms with Gasteiger partial charge in [-0.2, -0.15) is 13.2 Å². The van der Waals surface area contributed by atoms with Gasteiger partial charge >= 0.3 is 6.18 Å². The summed E-state index contributed by atoms with van der Waals surface area (Å²) in [7, 11) is -2.22. The molecule has 0 saturated carbocycles. The van der Waals surface area contributed by atoms with Crippen LogP contribution in [-0.4, -0.2) is 34.1 Å². The van der Waals surface area contributed by atoms with Crippen LogP contribution >= 0.6 is 0 Å². The van der Waals surface area contributed by atoms with Crippen LogP contribution in [0, 0.1) is 0 Å². The summed E-state index contributed by atoms with van der Waals surface area (Å²) in [6.45, 7) is -1.47. The second-order valence-electron chi connectivity index (χ2n) is 6.84. The third kappa shape index (κ3) is 5.79. The maximum absolute atomic E-state index is 12.9. The molecule has 0 aliphatic carbocycles. The Balaban J connectivity index is 1.79. The van der Waals surface area contributed by atoms with Crippen LogP contribution in [0.3, 0.4) is 0 Å². The minimum absolute atomic E-state index is 0.0857. The molecule has 0 aromatic heterocycles. The molecule has 0 saturated heterocycles. The molecule has 0 spiro atoms. The van der Waals surface area contributed by atoms with Crippen LogP contribution in [0.1, 0.15) is 10.4 Å². The van der Waals surface area contributed by atoms with E-state index in [0.29, 0.717) is 11.4 Å². The van der Waals surface area contributed by atoms with Gasteiger partial charge in [-0.15, -0.1) is 0 Å². The van der Waals surface area contributed by atoms with E-state index in [9.17, 15) is 26.4 Å². The first-order valence-electron chi connectivity index (χ1n) is 9.42. The zero-order valence-electron chi connectivity index (χ0n) is 16.9. The number of carbonyl (C=O) groups excluding carboxylic acids is 1. The first-order chi connectivity index (χ1) is 15.1. The van der Waals surface area contributed by atoms with E-state index in [2.05, 4.69) is 4.72 Å². The van der Waals surface area contributed by atoms with Gasteiger partial charge in [-0.25, -0.2) is 8.42 Å². The molecule has 0 radical (unpaired) electrons. The number of para-hydroxylation sites is 3. The van der Waals surface area contributed by atoms with Crippen molar-refractivity contribution in [2.45, 2.75) is 11.1 Å². The zero-order valence-corrected chi connectivity index (χ0v) is 17.7. The SMILES string of the molecule is CN(c1ccccc1)c1ccccc1NS(=O)(=O)c1ccc(C(=O)NCC(F)(F)F)cc1. The van der Waals surface area contributed by atoms with Gasteiger partial charge in [-0.05, 0) is 48.5 Å². The number of carbonyl (C=O) groups is 1. The zero-order chi connectivity index (χ0) is 23.4. The quantitative estimate of drug-likeness (QED) is 0.539. The molecule has 0 fully saturated rings. The van der Waals surface area contributed by atoms with E-state index in [4.69, 9.17) is 0 Å². The largest absolute Gasteiger partial charge is 0.405 e. The van der Waals surface area contributed by atoms with Crippen LogP contribution in [0.25, 0.3) is 0 Å². The van der Waals surface area contributed by atoms with E-state index in [1.54, 1.807) is 36.6 Å². The summed E-state index contributed by atoms with van der Waals surface area (Å²) >= 11 is 0. The average molecular weight is 463 g/mol. The number of nitrogens with one attached hydrogen (secondary N) is 2. The summed E-state index contributed by atoms with van der Waals surface area (Å²) in [5.74, 6) is -0.950. The number of anilines is 3. The van der Waals surface area contributed by atoms with Crippen LogP contribution in [0.5, 0.6) is 0 Å². The van der Waals surface area contributed by atoms with E-state index in [0.717, 1.165) is 30.0 Å². The van der Waals surface area contributed by atoms with Gasteiger partial charge < -0.3 is 10.2 Å². The van der Waals surface area contributed by atoms with Gasteiger partial charge in [-0.1, -0.05) is 30.3 Å². The topological polar surface area (TPSA) is 78.5 Å². The average Bonchev–Trinajstić information content (AvgIpc) is 2.77. The van der Waals surface area contributed by atoms with Crippen molar-refractivity contribution < 1.29 is 26.4 Å². The first-order valence-corrected chi connectivity index (χ1v) is 10.9. The van der Waals surface area contributed by atoms with Crippen LogP contribution in [0.15, 0.2) is 83.8 Å². The van der Waals surface area contributed by atoms with Crippen LogP contribution in [0.2, 0.25) is 0 Å². The molecule has 0 bridgehead atoms. The molecule has 0 aliphatic rings. The Labute approximate surface area is 183 Å². The fraction of sp³-hybridized carbons (Fsp3) is 0.136. The third-order valence-corrected chi connectivity index (χ3v) is 5.91. The Hall–Kier alpha value is -3.53. The molecule has 0 aliphatic heterocycles. The molecule has 32 heavy (non-hydrogen) atoms. The normalized spacial score (nSPS) is 11.6. The Bertz CT molecular complexity index is 1180. The van der Waals surface area contributed by atoms with Crippen molar-refractivity contribution >= 4 is 33.0 Å². The summed E-state index contributed by atoms with van der Waals surface area (Å²) in [6, 6.07) is 20.9. The smallest absolute Gasteiger partial charge is 0.343 e. The lowest BCUT2D eigenvalue weighted by molar-refractivity contribution is -0.123. The molecule has 2 N–H and O–H groups in total. The maximum atomic E-state index is 12.9. The molecule has 0 atom stereocenters. The van der Waals surface area contributed by atoms with Crippen molar-refractivity contribution in [3.63, 3.8) is 0 Å². The molecule has 0 heterocycles. The lowest BCUT2D eigenvalue weighted by Gasteiger charge is -2.23. The van der Waals surface area contributed by atoms with Gasteiger partial charge in [-0.3, -0.25) is 9.52 Å². The Morgan fingerprint density at radius 2 is 1.50 bits per heavy atom. The molecule has 168 valence electrons. The van der Waals surface area contributed by atoms with Crippen molar-refractivity contribution in [2.75, 3.05) is 23.2 Å². The van der Waals surface area contributed by atoms with Gasteiger partial charge in [0.15, 0.2) is 0 Å². The fourth-order valence-electron chi connectivity index (χ4n) is 2.91. The van der Waals surface area contributed by atoms with Gasteiger partial charge in [0.25, 0.3) is 15.9 Å². The Morgan fingerprint density at radius 1 is 0.906 bits per heavy atom. The van der Waals surface area contributed by atoms with E-state index in [1.165, 1.54) is 0 Å². The summed E-state index contributed by atoms with van der Waals surface area (Å²) in [6.07, 6.45) is -4.54. The number of benzene rings is 3. The van der Waals surface area contributed by atoms with Gasteiger partial charge in [0.1, 0.15) is 6.54 Å². The van der Waals surface area contributed by atoms with Crippen LogP contribution < -0.4 is 14.9 Å². The van der Waals surface area contributed by atoms with Crippen molar-refractivity contribution in [3.05, 3.63) is 84.4 Å². The summed E-state index contributed by atoms with van der Waals surface area (Å²) in [5.41, 5.74) is 1.72. The highest BCUT2D eigenvalue weighted by molar-refractivity contribution is 7.92. The second kappa shape index (κ2) is 9.31. The monoisotopic (exact) mass is 463 g/mol. The molecule has 3 aromatic carbocycles. The molecule has 3 rings (SSSR count). The predicted octanol–water partition coefficient (Wildman–Crippen LogP) is 4.55. The Kier molecular flexibility index (Phi) is 6.73. The summed E-state index contributed by atoms with van der Waals surface area (Å²) < 4.78 is 65.0. The maximum Gasteiger partial charge on any atom is 0.405 e. The van der Waals surface area contributed by atoms with Gasteiger partial charge in [0.05, 0.1) is 16.3 Å². The molecule has 3 aromatic rings. The third-order valence-electron chi connectivity index (χ3n) is 4.53. The minimum atomic E-state index is -4.54. The van der Waals surface area contributed by atoms with Crippen molar-refractivity contribution in [2.24, 2.45) is 0 Å². The van der Waals surface area contributed by atoms with Gasteiger partial charge in [0, 0.05) is 18.3 Å². The van der Waals surface area contributed by atoms with Crippen molar-refractivity contribution in [1.82, 2.24) is 5.32 Å². The van der Waals surface area contributed by atoms with Crippen molar-refractivity contribution in [1.29, 1.82) is 0 Å². The highest BCUT2D eigenvalue weighted by atomic mass is 32.2. The lowest BCUT2D eigenvalue weighted by atomic mass is 10.2. The molecule has 0 unspecified atom stereocenters. The van der Waals surface area contributed by atoms with E-state index in [1.807, 2.05) is 35.2 Å². The minimum Gasteiger partial charge on any atom is -0.343 e. The number of amides is 1. The highest BCUT2D eigenvalue weighted by Crippen LogP contribution is 2.32. The predicted molar refractivity (Wildman–Crippen MR) is 117 cm³/mol. The van der Waals surface area contributed by atoms with Crippen molar-refractivity contribution in [3.8, 4) is 0 Å². The number of halogens is 3. The Morgan fingerprint density at radius 3 is 2.12 bits per heavy atom. The van der Waals surface area contributed by atoms with Crippen LogP contribution in [0.4, 0.5) is 30.2 Å². The van der Waals surface area contributed by atoms with Gasteiger partial charge in [0.2, 0.25) is 0 Å². The number of nitrogens with zero attached hydrogens (tertiary/aromatic N) is 1. The van der Waals surface area contributed by atoms with E-state index < -0.39 is 28.7 Å². The molecule has 6 nitrogen and oxygen atoms in total. The van der Waals surface area contributed by atoms with E-state index in [-0.39, 0.29) is 10.5 Å². The molecular formula is C22H20F3N3O3S. The summed E-state index contributed by atoms with van der Waals surface area (Å²) in [4.78, 5) is 13.5. The molecule has 10 heteroatoms. The number of hydrogen-bond acceptors (Lipinski definition) is 4. The molecular weight excluding hydrogens is 443 g/mol. The lowest BCUT2D eigenvalue weighted by Crippen LogP contribution is -2.33. The highest BCUT2D eigenvalue weighted by Gasteiger charge is 2.28. The summed E-state index contributed by atoms with van der Waals surface area (Å²) in [5, 5.41) is 1.74. The number of sulfonamides is 1. The van der Waals surface area contributed by atoms with E-state index >= 15 is 0 Å². The van der Waals surface area contributed by atoms with Crippen LogP contribution in [-0.2, 0) is 10.0 Å². The fourth-order valence-corrected chi connectivity index (χ4v) is 3.99. The first kappa shape index (κ1) is 23.1. The number of hydrogen-bond donors (Lipinski definition) is 2. The standard InChI is InChI=1S/C22H20F3N3O3S/c1-28(17-7-3-2-4-8-17)20-10-6-5-9-19(20)27-32(30,31)18-13-11-16(12-14-18)21(29)26-15-22(23,24)25/h2-14,27H,15H2,1H3,(H,26,29).